The first-order valence-electron chi connectivity index (χ1n) is 6.38. The number of aliphatic hydroxyl groups is 1. The summed E-state index contributed by atoms with van der Waals surface area (Å²) in [5, 5.41) is 14.0. The van der Waals surface area contributed by atoms with Crippen LogP contribution in [-0.2, 0) is 10.4 Å². The summed E-state index contributed by atoms with van der Waals surface area (Å²) in [6.45, 7) is 3.67. The summed E-state index contributed by atoms with van der Waals surface area (Å²) in [6, 6.07) is 10.3. The second-order valence-electron chi connectivity index (χ2n) is 4.91. The molecule has 1 unspecified atom stereocenters. The third-order valence-electron chi connectivity index (χ3n) is 3.03. The summed E-state index contributed by atoms with van der Waals surface area (Å²) >= 11 is 6.06. The van der Waals surface area contributed by atoms with E-state index in [1.165, 1.54) is 0 Å². The van der Waals surface area contributed by atoms with Crippen LogP contribution >= 0.6 is 11.6 Å². The van der Waals surface area contributed by atoms with E-state index in [0.29, 0.717) is 11.1 Å². The van der Waals surface area contributed by atoms with Crippen LogP contribution in [0.2, 0.25) is 5.15 Å². The molecule has 1 atom stereocenters. The van der Waals surface area contributed by atoms with Gasteiger partial charge in [-0.05, 0) is 25.5 Å². The number of carbonyl (C=O) groups is 1. The van der Waals surface area contributed by atoms with Gasteiger partial charge in [-0.1, -0.05) is 41.9 Å². The molecule has 0 aliphatic carbocycles. The van der Waals surface area contributed by atoms with Crippen molar-refractivity contribution in [1.29, 1.82) is 0 Å². The number of carbonyl (C=O) groups excluding carboxylic acids is 1. The summed E-state index contributed by atoms with van der Waals surface area (Å²) in [6.07, 6.45) is 1.59. The molecule has 0 aliphatic heterocycles. The lowest BCUT2D eigenvalue weighted by Crippen LogP contribution is -2.47. The normalized spacial score (nSPS) is 14.1. The number of rotatable bonds is 4. The summed E-state index contributed by atoms with van der Waals surface area (Å²) in [7, 11) is 0. The second-order valence-corrected chi connectivity index (χ2v) is 5.29. The highest BCUT2D eigenvalue weighted by Crippen LogP contribution is 2.34. The third kappa shape index (κ3) is 2.57. The molecule has 3 N–H and O–H groups in total. The van der Waals surface area contributed by atoms with Gasteiger partial charge in [0.1, 0.15) is 5.15 Å². The number of aromatic amines is 1. The fourth-order valence-electron chi connectivity index (χ4n) is 2.08. The van der Waals surface area contributed by atoms with Crippen LogP contribution in [0.4, 0.5) is 0 Å². The average Bonchev–Trinajstić information content (AvgIpc) is 2.84. The molecule has 0 saturated carbocycles. The van der Waals surface area contributed by atoms with Crippen molar-refractivity contribution in [2.24, 2.45) is 0 Å². The molecule has 1 aromatic carbocycles. The Morgan fingerprint density at radius 2 is 1.95 bits per heavy atom. The minimum atomic E-state index is -1.82. The zero-order valence-corrected chi connectivity index (χ0v) is 12.1. The first-order chi connectivity index (χ1) is 9.46. The Hall–Kier alpha value is -1.78. The van der Waals surface area contributed by atoms with Crippen LogP contribution in [0.15, 0.2) is 42.6 Å². The number of nitrogens with one attached hydrogen (secondary N) is 2. The van der Waals surface area contributed by atoms with Crippen molar-refractivity contribution in [2.45, 2.75) is 25.5 Å². The van der Waals surface area contributed by atoms with Crippen LogP contribution in [0.5, 0.6) is 0 Å². The molecule has 0 bridgehead atoms. The van der Waals surface area contributed by atoms with Crippen molar-refractivity contribution in [2.75, 3.05) is 0 Å². The van der Waals surface area contributed by atoms with Gasteiger partial charge in [0.2, 0.25) is 0 Å². The van der Waals surface area contributed by atoms with Crippen molar-refractivity contribution in [1.82, 2.24) is 10.3 Å². The highest BCUT2D eigenvalue weighted by molar-refractivity contribution is 6.30. The molecule has 106 valence electrons. The molecular formula is C15H17ClN2O2. The van der Waals surface area contributed by atoms with Crippen molar-refractivity contribution in [3.8, 4) is 0 Å². The molecule has 5 heteroatoms. The Morgan fingerprint density at radius 3 is 2.45 bits per heavy atom. The molecule has 0 radical (unpaired) electrons. The van der Waals surface area contributed by atoms with E-state index in [9.17, 15) is 9.90 Å². The van der Waals surface area contributed by atoms with Crippen LogP contribution in [0.25, 0.3) is 0 Å². The number of benzene rings is 1. The van der Waals surface area contributed by atoms with Crippen LogP contribution in [0.1, 0.15) is 25.0 Å². The molecular weight excluding hydrogens is 276 g/mol. The van der Waals surface area contributed by atoms with Gasteiger partial charge in [-0.25, -0.2) is 0 Å². The molecule has 2 aromatic rings. The predicted molar refractivity (Wildman–Crippen MR) is 78.5 cm³/mol. The quantitative estimate of drug-likeness (QED) is 0.810. The monoisotopic (exact) mass is 292 g/mol. The predicted octanol–water partition coefficient (Wildman–Crippen LogP) is 2.43. The first-order valence-corrected chi connectivity index (χ1v) is 6.76. The topological polar surface area (TPSA) is 65.1 Å². The van der Waals surface area contributed by atoms with E-state index in [1.807, 2.05) is 19.9 Å². The molecule has 1 heterocycles. The Bertz CT molecular complexity index is 595. The SMILES string of the molecule is CC(C)NC(=O)C(O)(c1ccccc1)c1cc[nH]c1Cl. The second kappa shape index (κ2) is 5.69. The Morgan fingerprint density at radius 1 is 1.30 bits per heavy atom. The van der Waals surface area contributed by atoms with Gasteiger partial charge in [0.15, 0.2) is 5.60 Å². The highest BCUT2D eigenvalue weighted by atomic mass is 35.5. The molecule has 2 rings (SSSR count). The van der Waals surface area contributed by atoms with E-state index in [4.69, 9.17) is 11.6 Å². The maximum absolute atomic E-state index is 12.5. The number of amides is 1. The highest BCUT2D eigenvalue weighted by Gasteiger charge is 2.42. The average molecular weight is 293 g/mol. The minimum absolute atomic E-state index is 0.0875. The molecule has 20 heavy (non-hydrogen) atoms. The number of hydrogen-bond acceptors (Lipinski definition) is 2. The Labute approximate surface area is 122 Å². The molecule has 4 nitrogen and oxygen atoms in total. The van der Waals surface area contributed by atoms with Crippen LogP contribution in [0.3, 0.4) is 0 Å². The van der Waals surface area contributed by atoms with Crippen LogP contribution < -0.4 is 5.32 Å². The number of hydrogen-bond donors (Lipinski definition) is 3. The zero-order valence-electron chi connectivity index (χ0n) is 11.4. The van der Waals surface area contributed by atoms with E-state index >= 15 is 0 Å². The van der Waals surface area contributed by atoms with E-state index in [2.05, 4.69) is 10.3 Å². The zero-order chi connectivity index (χ0) is 14.8. The molecule has 0 aliphatic rings. The minimum Gasteiger partial charge on any atom is -0.372 e. The van der Waals surface area contributed by atoms with Gasteiger partial charge >= 0.3 is 0 Å². The molecule has 1 amide bonds. The van der Waals surface area contributed by atoms with Gasteiger partial charge in [-0.3, -0.25) is 4.79 Å². The number of halogens is 1. The van der Waals surface area contributed by atoms with Crippen molar-refractivity contribution in [3.05, 3.63) is 58.9 Å². The molecule has 0 spiro atoms. The molecule has 0 saturated heterocycles. The molecule has 1 aromatic heterocycles. The standard InChI is InChI=1S/C15H17ClN2O2/c1-10(2)18-14(19)15(20,11-6-4-3-5-7-11)12-8-9-17-13(12)16/h3-10,17,20H,1-2H3,(H,18,19). The first kappa shape index (κ1) is 14.6. The summed E-state index contributed by atoms with van der Waals surface area (Å²) < 4.78 is 0. The van der Waals surface area contributed by atoms with Crippen molar-refractivity contribution >= 4 is 17.5 Å². The third-order valence-corrected chi connectivity index (χ3v) is 3.34. The smallest absolute Gasteiger partial charge is 0.261 e. The maximum Gasteiger partial charge on any atom is 0.261 e. The van der Waals surface area contributed by atoms with E-state index in [0.717, 1.165) is 0 Å². The largest absolute Gasteiger partial charge is 0.372 e. The van der Waals surface area contributed by atoms with E-state index < -0.39 is 11.5 Å². The van der Waals surface area contributed by atoms with Gasteiger partial charge < -0.3 is 15.4 Å². The maximum atomic E-state index is 12.5. The summed E-state index contributed by atoms with van der Waals surface area (Å²) in [5.41, 5.74) is -1.01. The number of H-pyrrole nitrogens is 1. The van der Waals surface area contributed by atoms with Gasteiger partial charge in [0.05, 0.1) is 0 Å². The van der Waals surface area contributed by atoms with Crippen molar-refractivity contribution in [3.63, 3.8) is 0 Å². The lowest BCUT2D eigenvalue weighted by atomic mass is 9.87. The Kier molecular flexibility index (Phi) is 4.16. The lowest BCUT2D eigenvalue weighted by molar-refractivity contribution is -0.137. The number of aromatic nitrogens is 1. The molecule has 0 fully saturated rings. The van der Waals surface area contributed by atoms with Gasteiger partial charge in [-0.15, -0.1) is 0 Å². The Balaban J connectivity index is 2.55. The van der Waals surface area contributed by atoms with E-state index in [-0.39, 0.29) is 11.2 Å². The van der Waals surface area contributed by atoms with Crippen LogP contribution in [0, 0.1) is 0 Å². The van der Waals surface area contributed by atoms with E-state index in [1.54, 1.807) is 36.5 Å². The van der Waals surface area contributed by atoms with Gasteiger partial charge in [-0.2, -0.15) is 0 Å². The van der Waals surface area contributed by atoms with Gasteiger partial charge in [0.25, 0.3) is 5.91 Å². The van der Waals surface area contributed by atoms with Gasteiger partial charge in [0, 0.05) is 17.8 Å². The van der Waals surface area contributed by atoms with Crippen LogP contribution in [-0.4, -0.2) is 22.0 Å². The fraction of sp³-hybridized carbons (Fsp3) is 0.267. The van der Waals surface area contributed by atoms with Crippen molar-refractivity contribution < 1.29 is 9.90 Å². The lowest BCUT2D eigenvalue weighted by Gasteiger charge is -2.28. The summed E-state index contributed by atoms with van der Waals surface area (Å²) in [5.74, 6) is -0.500. The summed E-state index contributed by atoms with van der Waals surface area (Å²) in [4.78, 5) is 15.3. The fourth-order valence-corrected chi connectivity index (χ4v) is 2.35.